The number of hydrogen-bond donors (Lipinski definition) is 0. The van der Waals surface area contributed by atoms with Crippen LogP contribution in [-0.4, -0.2) is 11.9 Å². The van der Waals surface area contributed by atoms with Crippen molar-refractivity contribution >= 4 is 16.8 Å². The Hall–Kier alpha value is -3.73. The number of hydrogen-bond acceptors (Lipinski definition) is 4. The van der Waals surface area contributed by atoms with Crippen LogP contribution in [0.4, 0.5) is 4.39 Å². The summed E-state index contributed by atoms with van der Waals surface area (Å²) >= 11 is 0. The molecule has 0 fully saturated rings. The number of halogens is 1. The number of carbonyl (C=O) groups excluding carboxylic acids is 1. The minimum atomic E-state index is -0.694. The number of benzene rings is 3. The van der Waals surface area contributed by atoms with E-state index in [1.807, 2.05) is 6.07 Å². The molecule has 0 aliphatic carbocycles. The van der Waals surface area contributed by atoms with Crippen LogP contribution in [0.1, 0.15) is 17.3 Å². The summed E-state index contributed by atoms with van der Waals surface area (Å²) in [6.45, 7) is 1.67. The highest BCUT2D eigenvalue weighted by atomic mass is 19.1. The van der Waals surface area contributed by atoms with Crippen LogP contribution >= 0.6 is 0 Å². The van der Waals surface area contributed by atoms with E-state index in [4.69, 9.17) is 9.15 Å². The summed E-state index contributed by atoms with van der Waals surface area (Å²) in [5.74, 6) is -0.0920. The molecule has 29 heavy (non-hydrogen) atoms. The van der Waals surface area contributed by atoms with Crippen molar-refractivity contribution < 1.29 is 18.3 Å². The molecule has 5 heteroatoms. The van der Waals surface area contributed by atoms with Crippen LogP contribution in [0.15, 0.2) is 88.1 Å². The summed E-state index contributed by atoms with van der Waals surface area (Å²) in [4.78, 5) is 24.9. The fourth-order valence-corrected chi connectivity index (χ4v) is 3.09. The Balaban J connectivity index is 1.61. The Kier molecular flexibility index (Phi) is 4.96. The van der Waals surface area contributed by atoms with Gasteiger partial charge in [-0.3, -0.25) is 4.79 Å². The van der Waals surface area contributed by atoms with Gasteiger partial charge in [0.05, 0.1) is 5.56 Å². The molecule has 0 unspecified atom stereocenters. The van der Waals surface area contributed by atoms with Gasteiger partial charge in [-0.05, 0) is 42.8 Å². The van der Waals surface area contributed by atoms with Crippen molar-refractivity contribution in [2.75, 3.05) is 0 Å². The van der Waals surface area contributed by atoms with Gasteiger partial charge in [0, 0.05) is 17.0 Å². The predicted molar refractivity (Wildman–Crippen MR) is 109 cm³/mol. The largest absolute Gasteiger partial charge is 0.482 e. The fraction of sp³-hybridized carbons (Fsp3) is 0.0833. The number of carbonyl (C=O) groups is 1. The zero-order valence-electron chi connectivity index (χ0n) is 15.6. The third kappa shape index (κ3) is 3.94. The normalized spacial score (nSPS) is 11.9. The lowest BCUT2D eigenvalue weighted by Crippen LogP contribution is -2.23. The number of ketones is 1. The molecule has 0 N–H and O–H groups in total. The summed E-state index contributed by atoms with van der Waals surface area (Å²) < 4.78 is 24.3. The zero-order valence-corrected chi connectivity index (χ0v) is 15.6. The number of fused-ring (bicyclic) bond motifs is 1. The smallest absolute Gasteiger partial charge is 0.344 e. The number of Topliss-reactive ketones (excluding diaryl/α,β-unsaturated/α-hetero) is 1. The van der Waals surface area contributed by atoms with Crippen LogP contribution in [0.5, 0.6) is 5.75 Å². The second-order valence-corrected chi connectivity index (χ2v) is 6.64. The molecule has 1 aromatic heterocycles. The maximum absolute atomic E-state index is 13.1. The standard InChI is InChI=1S/C24H17FO4/c1-15(23(26)17-5-3-2-4-6-17)28-20-12-9-18-13-21(24(27)29-22(18)14-20)16-7-10-19(25)11-8-16/h2-15H,1H3/t15-/m0/s1. The van der Waals surface area contributed by atoms with Gasteiger partial charge in [0.2, 0.25) is 5.78 Å². The Labute approximate surface area is 166 Å². The lowest BCUT2D eigenvalue weighted by Gasteiger charge is -2.14. The van der Waals surface area contributed by atoms with Crippen LogP contribution in [0.2, 0.25) is 0 Å². The van der Waals surface area contributed by atoms with Crippen molar-refractivity contribution in [1.29, 1.82) is 0 Å². The summed E-state index contributed by atoms with van der Waals surface area (Å²) in [7, 11) is 0. The van der Waals surface area contributed by atoms with E-state index in [-0.39, 0.29) is 11.6 Å². The summed E-state index contributed by atoms with van der Waals surface area (Å²) in [5.41, 5.74) is 1.30. The van der Waals surface area contributed by atoms with Crippen molar-refractivity contribution in [1.82, 2.24) is 0 Å². The lowest BCUT2D eigenvalue weighted by atomic mass is 10.1. The molecule has 0 saturated carbocycles. The average molecular weight is 388 g/mol. The maximum atomic E-state index is 13.1. The van der Waals surface area contributed by atoms with E-state index in [9.17, 15) is 14.0 Å². The molecule has 4 rings (SSSR count). The van der Waals surface area contributed by atoms with Crippen LogP contribution in [-0.2, 0) is 0 Å². The van der Waals surface area contributed by atoms with Gasteiger partial charge in [0.25, 0.3) is 0 Å². The van der Waals surface area contributed by atoms with Crippen molar-refractivity contribution in [2.45, 2.75) is 13.0 Å². The van der Waals surface area contributed by atoms with Gasteiger partial charge in [0.15, 0.2) is 6.10 Å². The van der Waals surface area contributed by atoms with Gasteiger partial charge in [-0.25, -0.2) is 9.18 Å². The van der Waals surface area contributed by atoms with E-state index in [1.54, 1.807) is 55.5 Å². The molecule has 4 nitrogen and oxygen atoms in total. The fourth-order valence-electron chi connectivity index (χ4n) is 3.09. The third-order valence-electron chi connectivity index (χ3n) is 4.60. The number of ether oxygens (including phenoxy) is 1. The van der Waals surface area contributed by atoms with Crippen molar-refractivity contribution in [3.05, 3.63) is 101 Å². The van der Waals surface area contributed by atoms with Crippen molar-refractivity contribution in [3.8, 4) is 16.9 Å². The third-order valence-corrected chi connectivity index (χ3v) is 4.60. The Morgan fingerprint density at radius 3 is 2.41 bits per heavy atom. The highest BCUT2D eigenvalue weighted by molar-refractivity contribution is 5.99. The van der Waals surface area contributed by atoms with E-state index in [1.165, 1.54) is 24.3 Å². The molecule has 0 spiro atoms. The van der Waals surface area contributed by atoms with Gasteiger partial charge in [-0.2, -0.15) is 0 Å². The molecule has 0 aliphatic heterocycles. The van der Waals surface area contributed by atoms with E-state index in [0.717, 1.165) is 0 Å². The molecular formula is C24H17FO4. The molecule has 4 aromatic rings. The first kappa shape index (κ1) is 18.6. The molecule has 0 amide bonds. The lowest BCUT2D eigenvalue weighted by molar-refractivity contribution is 0.0818. The monoisotopic (exact) mass is 388 g/mol. The van der Waals surface area contributed by atoms with Crippen molar-refractivity contribution in [2.24, 2.45) is 0 Å². The highest BCUT2D eigenvalue weighted by Crippen LogP contribution is 2.25. The molecular weight excluding hydrogens is 371 g/mol. The van der Waals surface area contributed by atoms with Crippen LogP contribution in [0.3, 0.4) is 0 Å². The molecule has 0 saturated heterocycles. The Bertz CT molecular complexity index is 1230. The molecule has 144 valence electrons. The SMILES string of the molecule is C[C@H](Oc1ccc2cc(-c3ccc(F)cc3)c(=O)oc2c1)C(=O)c1ccccc1. The second-order valence-electron chi connectivity index (χ2n) is 6.64. The minimum Gasteiger partial charge on any atom is -0.482 e. The van der Waals surface area contributed by atoms with Crippen LogP contribution in [0.25, 0.3) is 22.1 Å². The van der Waals surface area contributed by atoms with Gasteiger partial charge < -0.3 is 9.15 Å². The molecule has 1 heterocycles. The second kappa shape index (κ2) is 7.72. The molecule has 3 aromatic carbocycles. The summed E-state index contributed by atoms with van der Waals surface area (Å²) in [6.07, 6.45) is -0.694. The molecule has 0 bridgehead atoms. The first-order valence-corrected chi connectivity index (χ1v) is 9.11. The average Bonchev–Trinajstić information content (AvgIpc) is 2.74. The number of rotatable bonds is 5. The highest BCUT2D eigenvalue weighted by Gasteiger charge is 2.17. The first-order valence-electron chi connectivity index (χ1n) is 9.11. The van der Waals surface area contributed by atoms with Gasteiger partial charge in [0.1, 0.15) is 17.1 Å². The van der Waals surface area contributed by atoms with Crippen LogP contribution < -0.4 is 10.4 Å². The van der Waals surface area contributed by atoms with Gasteiger partial charge in [-0.15, -0.1) is 0 Å². The molecule has 0 radical (unpaired) electrons. The van der Waals surface area contributed by atoms with E-state index < -0.39 is 11.7 Å². The quantitative estimate of drug-likeness (QED) is 0.346. The van der Waals surface area contributed by atoms with E-state index in [0.29, 0.717) is 33.4 Å². The predicted octanol–water partition coefficient (Wildman–Crippen LogP) is 5.25. The van der Waals surface area contributed by atoms with Crippen molar-refractivity contribution in [3.63, 3.8) is 0 Å². The van der Waals surface area contributed by atoms with Gasteiger partial charge >= 0.3 is 5.63 Å². The molecule has 1 atom stereocenters. The first-order chi connectivity index (χ1) is 14.0. The summed E-state index contributed by atoms with van der Waals surface area (Å²) in [5, 5.41) is 0.693. The zero-order chi connectivity index (χ0) is 20.4. The topological polar surface area (TPSA) is 56.5 Å². The minimum absolute atomic E-state index is 0.140. The van der Waals surface area contributed by atoms with E-state index >= 15 is 0 Å². The van der Waals surface area contributed by atoms with Gasteiger partial charge in [-0.1, -0.05) is 42.5 Å². The Morgan fingerprint density at radius 2 is 1.69 bits per heavy atom. The maximum Gasteiger partial charge on any atom is 0.344 e. The van der Waals surface area contributed by atoms with E-state index in [2.05, 4.69) is 0 Å². The Morgan fingerprint density at radius 1 is 0.966 bits per heavy atom. The van der Waals surface area contributed by atoms with Crippen LogP contribution in [0, 0.1) is 5.82 Å². The molecule has 0 aliphatic rings. The summed E-state index contributed by atoms with van der Waals surface area (Å²) in [6, 6.07) is 21.3.